The van der Waals surface area contributed by atoms with Gasteiger partial charge in [-0.3, -0.25) is 9.89 Å². The molecule has 3 aromatic rings. The van der Waals surface area contributed by atoms with Gasteiger partial charge in [-0.1, -0.05) is 48.6 Å². The third-order valence-electron chi connectivity index (χ3n) is 9.48. The second kappa shape index (κ2) is 14.0. The van der Waals surface area contributed by atoms with E-state index < -0.39 is 35.1 Å². The zero-order chi connectivity index (χ0) is 34.8. The minimum Gasteiger partial charge on any atom is -0.478 e. The van der Waals surface area contributed by atoms with E-state index in [0.29, 0.717) is 30.0 Å². The average molecular weight is 681 g/mol. The van der Waals surface area contributed by atoms with E-state index in [4.69, 9.17) is 14.5 Å². The first-order valence-corrected chi connectivity index (χ1v) is 16.4. The molecule has 7 rings (SSSR count). The lowest BCUT2D eigenvalue weighted by atomic mass is 9.75. The Bertz CT molecular complexity index is 2030. The van der Waals surface area contributed by atoms with Crippen LogP contribution in [0.2, 0.25) is 0 Å². The van der Waals surface area contributed by atoms with E-state index in [1.165, 1.54) is 12.1 Å². The molecular formula is C39H35F3N4O4. The molecule has 0 radical (unpaired) electrons. The second-order valence-electron chi connectivity index (χ2n) is 12.4. The van der Waals surface area contributed by atoms with Crippen molar-refractivity contribution in [3.63, 3.8) is 0 Å². The van der Waals surface area contributed by atoms with E-state index in [9.17, 15) is 14.3 Å². The number of hydrogen-bond donors (Lipinski definition) is 2. The Labute approximate surface area is 287 Å². The summed E-state index contributed by atoms with van der Waals surface area (Å²) in [7, 11) is 1.56. The number of carbonyl (C=O) groups is 1. The number of rotatable bonds is 11. The maximum Gasteiger partial charge on any atom is 0.336 e. The number of allylic oxidation sites excluding steroid dienone is 2. The van der Waals surface area contributed by atoms with Gasteiger partial charge in [0.05, 0.1) is 23.6 Å². The Balaban J connectivity index is 1.10. The van der Waals surface area contributed by atoms with Crippen LogP contribution in [0.25, 0.3) is 16.8 Å². The number of nitrogens with one attached hydrogen (secondary N) is 1. The van der Waals surface area contributed by atoms with Gasteiger partial charge in [-0.2, -0.15) is 0 Å². The van der Waals surface area contributed by atoms with Crippen molar-refractivity contribution in [2.24, 2.45) is 4.99 Å². The molecule has 50 heavy (non-hydrogen) atoms. The quantitative estimate of drug-likeness (QED) is 0.249. The highest BCUT2D eigenvalue weighted by Gasteiger charge is 2.52. The highest BCUT2D eigenvalue weighted by atomic mass is 19.1. The van der Waals surface area contributed by atoms with Gasteiger partial charge in [-0.05, 0) is 71.7 Å². The standard InChI is InChI=1S/C39H35F3N4O4/c1-49-18-17-46-36(45-35-11-10-28(38(47)48)30-5-2-3-14-39(30,35)46)21-27-20-33(42)29(22-32(27)41)34-6-4-7-37(44-34)50-23-26-9-8-25(19-31(26)40)24-12-15-43-16-13-24/h2-12,14,19-20,22,36,43H,13,15-18,21,23H2,1H3,(H,47,48). The number of aliphatic imine (C=N–C) groups is 1. The number of hydrogen-bond acceptors (Lipinski definition) is 7. The molecule has 2 aliphatic heterocycles. The molecular weight excluding hydrogens is 645 g/mol. The minimum atomic E-state index is -1.07. The fourth-order valence-electron chi connectivity index (χ4n) is 7.01. The lowest BCUT2D eigenvalue weighted by molar-refractivity contribution is -0.132. The molecule has 0 bridgehead atoms. The van der Waals surface area contributed by atoms with E-state index in [-0.39, 0.29) is 41.3 Å². The normalized spacial score (nSPS) is 21.2. The summed E-state index contributed by atoms with van der Waals surface area (Å²) in [5.74, 6) is -2.64. The summed E-state index contributed by atoms with van der Waals surface area (Å²) in [6.07, 6.45) is 12.7. The molecule has 8 nitrogen and oxygen atoms in total. The number of carboxylic acids is 1. The van der Waals surface area contributed by atoms with Crippen LogP contribution >= 0.6 is 0 Å². The average Bonchev–Trinajstić information content (AvgIpc) is 3.42. The molecule has 2 aromatic carbocycles. The molecule has 256 valence electrons. The summed E-state index contributed by atoms with van der Waals surface area (Å²) in [4.78, 5) is 23.4. The summed E-state index contributed by atoms with van der Waals surface area (Å²) in [6, 6.07) is 12.1. The number of nitrogens with zero attached hydrogens (tertiary/aromatic N) is 3. The van der Waals surface area contributed by atoms with Gasteiger partial charge in [0.25, 0.3) is 0 Å². The summed E-state index contributed by atoms with van der Waals surface area (Å²) >= 11 is 0. The van der Waals surface area contributed by atoms with Crippen LogP contribution in [0.5, 0.6) is 5.88 Å². The number of halogens is 3. The van der Waals surface area contributed by atoms with Gasteiger partial charge in [0.15, 0.2) is 0 Å². The Morgan fingerprint density at radius 2 is 1.90 bits per heavy atom. The number of aromatic nitrogens is 1. The van der Waals surface area contributed by atoms with Crippen molar-refractivity contribution >= 4 is 17.3 Å². The lowest BCUT2D eigenvalue weighted by Gasteiger charge is -2.42. The van der Waals surface area contributed by atoms with Crippen molar-refractivity contribution in [2.75, 3.05) is 33.4 Å². The molecule has 1 aromatic heterocycles. The van der Waals surface area contributed by atoms with Crippen LogP contribution in [0, 0.1) is 17.5 Å². The van der Waals surface area contributed by atoms with Crippen LogP contribution in [0.1, 0.15) is 23.1 Å². The van der Waals surface area contributed by atoms with Gasteiger partial charge in [0.1, 0.15) is 35.8 Å². The number of methoxy groups -OCH3 is 1. The molecule has 0 saturated carbocycles. The van der Waals surface area contributed by atoms with Crippen molar-refractivity contribution in [2.45, 2.75) is 31.2 Å². The van der Waals surface area contributed by atoms with E-state index in [0.717, 1.165) is 42.8 Å². The number of aliphatic carboxylic acids is 1. The molecule has 2 atom stereocenters. The number of benzene rings is 2. The van der Waals surface area contributed by atoms with Crippen LogP contribution in [0.3, 0.4) is 0 Å². The first-order valence-electron chi connectivity index (χ1n) is 16.4. The molecule has 3 heterocycles. The topological polar surface area (TPSA) is 96.3 Å². The van der Waals surface area contributed by atoms with Crippen LogP contribution in [0.4, 0.5) is 13.2 Å². The van der Waals surface area contributed by atoms with Gasteiger partial charge in [-0.15, -0.1) is 0 Å². The predicted molar refractivity (Wildman–Crippen MR) is 184 cm³/mol. The minimum absolute atomic E-state index is 0.0220. The van der Waals surface area contributed by atoms with Crippen molar-refractivity contribution < 1.29 is 32.5 Å². The van der Waals surface area contributed by atoms with Gasteiger partial charge >= 0.3 is 5.97 Å². The summed E-state index contributed by atoms with van der Waals surface area (Å²) in [5, 5.41) is 13.2. The van der Waals surface area contributed by atoms with Crippen molar-refractivity contribution in [1.29, 1.82) is 0 Å². The SMILES string of the molecule is COCCN1C(Cc2cc(F)c(-c3cccc(OCc4ccc(C5=CCNCC5)cc4F)n3)cc2F)N=C2C=CC(C(=O)O)=C3C=CC=CC231. The largest absolute Gasteiger partial charge is 0.478 e. The first kappa shape index (κ1) is 33.4. The molecule has 0 amide bonds. The highest BCUT2D eigenvalue weighted by Crippen LogP contribution is 2.44. The van der Waals surface area contributed by atoms with Crippen molar-refractivity contribution in [3.05, 3.63) is 136 Å². The highest BCUT2D eigenvalue weighted by molar-refractivity contribution is 6.13. The third kappa shape index (κ3) is 6.24. The monoisotopic (exact) mass is 680 g/mol. The Hall–Kier alpha value is -5.10. The fraction of sp³-hybridized carbons (Fsp3) is 0.256. The van der Waals surface area contributed by atoms with Gasteiger partial charge in [-0.25, -0.2) is 22.9 Å². The van der Waals surface area contributed by atoms with E-state index in [1.807, 2.05) is 23.1 Å². The Morgan fingerprint density at radius 3 is 2.68 bits per heavy atom. The maximum atomic E-state index is 15.8. The van der Waals surface area contributed by atoms with Crippen LogP contribution < -0.4 is 10.1 Å². The molecule has 2 unspecified atom stereocenters. The Morgan fingerprint density at radius 1 is 1.04 bits per heavy atom. The summed E-state index contributed by atoms with van der Waals surface area (Å²) in [6.45, 7) is 2.19. The zero-order valence-corrected chi connectivity index (χ0v) is 27.3. The number of ether oxygens (including phenoxy) is 2. The van der Waals surface area contributed by atoms with E-state index in [2.05, 4.69) is 16.4 Å². The van der Waals surface area contributed by atoms with Crippen molar-refractivity contribution in [1.82, 2.24) is 15.2 Å². The van der Waals surface area contributed by atoms with E-state index in [1.54, 1.807) is 49.6 Å². The Kier molecular flexibility index (Phi) is 9.37. The van der Waals surface area contributed by atoms with Crippen LogP contribution in [0.15, 0.2) is 107 Å². The van der Waals surface area contributed by atoms with Gasteiger partial charge in [0.2, 0.25) is 5.88 Å². The lowest BCUT2D eigenvalue weighted by Crippen LogP contribution is -2.55. The second-order valence-corrected chi connectivity index (χ2v) is 12.4. The summed E-state index contributed by atoms with van der Waals surface area (Å²) < 4.78 is 57.6. The molecule has 0 fully saturated rings. The zero-order valence-electron chi connectivity index (χ0n) is 27.3. The fourth-order valence-corrected chi connectivity index (χ4v) is 7.01. The summed E-state index contributed by atoms with van der Waals surface area (Å²) in [5.41, 5.74) is 2.83. The predicted octanol–water partition coefficient (Wildman–Crippen LogP) is 6.21. The maximum absolute atomic E-state index is 15.8. The van der Waals surface area contributed by atoms with Crippen LogP contribution in [-0.2, 0) is 22.6 Å². The molecule has 11 heteroatoms. The smallest absolute Gasteiger partial charge is 0.336 e. The molecule has 0 saturated heterocycles. The first-order chi connectivity index (χ1) is 24.3. The van der Waals surface area contributed by atoms with Gasteiger partial charge < -0.3 is 19.9 Å². The molecule has 2 aliphatic carbocycles. The molecule has 1 spiro atoms. The number of pyridine rings is 1. The number of carboxylic acid groups (broad SMARTS) is 1. The van der Waals surface area contributed by atoms with Gasteiger partial charge in [0, 0.05) is 43.8 Å². The van der Waals surface area contributed by atoms with Crippen LogP contribution in [-0.4, -0.2) is 71.7 Å². The molecule has 4 aliphatic rings. The molecule has 2 N–H and O–H groups in total. The third-order valence-corrected chi connectivity index (χ3v) is 9.48. The van der Waals surface area contributed by atoms with Crippen molar-refractivity contribution in [3.8, 4) is 17.1 Å². The van der Waals surface area contributed by atoms with E-state index >= 15 is 8.78 Å².